The second-order valence-corrected chi connectivity index (χ2v) is 7.50. The highest BCUT2D eigenvalue weighted by molar-refractivity contribution is 7.17. The molecule has 0 spiro atoms. The normalized spacial score (nSPS) is 11.0. The van der Waals surface area contributed by atoms with Crippen LogP contribution in [0, 0.1) is 19.7 Å². The summed E-state index contributed by atoms with van der Waals surface area (Å²) in [4.78, 5) is 36.5. The minimum absolute atomic E-state index is 0.165. The van der Waals surface area contributed by atoms with Crippen LogP contribution >= 0.6 is 11.3 Å². The number of nitrogens with one attached hydrogen (secondary N) is 1. The predicted octanol–water partition coefficient (Wildman–Crippen LogP) is 4.16. The highest BCUT2D eigenvalue weighted by Gasteiger charge is 2.18. The van der Waals surface area contributed by atoms with Gasteiger partial charge in [0.1, 0.15) is 28.1 Å². The summed E-state index contributed by atoms with van der Waals surface area (Å²) in [5, 5.41) is 1.09. The number of H-pyrrole nitrogens is 1. The number of fused-ring (bicyclic) bond motifs is 1. The summed E-state index contributed by atoms with van der Waals surface area (Å²) in [6.45, 7) is 3.41. The van der Waals surface area contributed by atoms with Crippen LogP contribution in [0.1, 0.15) is 26.8 Å². The van der Waals surface area contributed by atoms with Gasteiger partial charge in [-0.2, -0.15) is 0 Å². The third kappa shape index (κ3) is 3.79. The second kappa shape index (κ2) is 7.56. The smallest absolute Gasteiger partial charge is 0.350 e. The van der Waals surface area contributed by atoms with E-state index in [2.05, 4.69) is 15.0 Å². The van der Waals surface area contributed by atoms with Gasteiger partial charge in [0.15, 0.2) is 0 Å². The molecule has 146 valence electrons. The molecule has 0 radical (unpaired) electrons. The summed E-state index contributed by atoms with van der Waals surface area (Å²) in [6, 6.07) is 11.2. The molecule has 0 atom stereocenters. The van der Waals surface area contributed by atoms with Crippen LogP contribution in [0.25, 0.3) is 21.5 Å². The van der Waals surface area contributed by atoms with Crippen molar-refractivity contribution >= 4 is 28.2 Å². The van der Waals surface area contributed by atoms with Crippen LogP contribution < -0.4 is 5.56 Å². The molecule has 0 saturated carbocycles. The lowest BCUT2D eigenvalue weighted by atomic mass is 10.1. The molecule has 0 saturated heterocycles. The van der Waals surface area contributed by atoms with Gasteiger partial charge in [-0.3, -0.25) is 4.79 Å². The molecular formula is C21H16FN3O3S. The number of aromatic amines is 1. The van der Waals surface area contributed by atoms with E-state index in [0.717, 1.165) is 11.1 Å². The molecule has 0 aliphatic rings. The van der Waals surface area contributed by atoms with Crippen molar-refractivity contribution in [3.05, 3.63) is 80.6 Å². The Morgan fingerprint density at radius 2 is 1.90 bits per heavy atom. The van der Waals surface area contributed by atoms with Crippen molar-refractivity contribution in [1.29, 1.82) is 0 Å². The minimum atomic E-state index is -0.555. The van der Waals surface area contributed by atoms with Gasteiger partial charge in [0.25, 0.3) is 5.56 Å². The lowest BCUT2D eigenvalue weighted by molar-refractivity contribution is 0.0467. The minimum Gasteiger partial charge on any atom is -0.453 e. The fourth-order valence-corrected chi connectivity index (χ4v) is 3.89. The molecule has 4 aromatic rings. The topological polar surface area (TPSA) is 84.9 Å². The van der Waals surface area contributed by atoms with Crippen LogP contribution in [0.2, 0.25) is 0 Å². The number of esters is 1. The molecule has 0 bridgehead atoms. The van der Waals surface area contributed by atoms with Gasteiger partial charge < -0.3 is 9.72 Å². The van der Waals surface area contributed by atoms with Gasteiger partial charge in [-0.05, 0) is 49.7 Å². The lowest BCUT2D eigenvalue weighted by Gasteiger charge is -2.06. The Morgan fingerprint density at radius 3 is 2.66 bits per heavy atom. The van der Waals surface area contributed by atoms with Gasteiger partial charge in [-0.25, -0.2) is 19.2 Å². The molecule has 6 nitrogen and oxygen atoms in total. The number of para-hydroxylation sites is 1. The third-order valence-corrected chi connectivity index (χ3v) is 5.59. The number of carbonyl (C=O) groups is 1. The first kappa shape index (κ1) is 18.9. The van der Waals surface area contributed by atoms with E-state index in [9.17, 15) is 14.0 Å². The van der Waals surface area contributed by atoms with Crippen molar-refractivity contribution in [2.75, 3.05) is 0 Å². The molecule has 0 unspecified atom stereocenters. The molecule has 2 heterocycles. The fourth-order valence-electron chi connectivity index (χ4n) is 2.92. The number of ether oxygens (including phenoxy) is 1. The SMILES string of the molecule is Cc1nc(-c2ccc(F)cc2)sc1C(=O)OCc1nc2c(C)cccc2c(=O)[nH]1. The quantitative estimate of drug-likeness (QED) is 0.512. The number of aryl methyl sites for hydroxylation is 2. The molecule has 1 N–H and O–H groups in total. The molecule has 29 heavy (non-hydrogen) atoms. The van der Waals surface area contributed by atoms with Crippen LogP contribution in [0.15, 0.2) is 47.3 Å². The number of hydrogen-bond donors (Lipinski definition) is 1. The molecule has 0 aliphatic carbocycles. The first-order chi connectivity index (χ1) is 13.9. The van der Waals surface area contributed by atoms with Crippen molar-refractivity contribution in [3.8, 4) is 10.6 Å². The maximum absolute atomic E-state index is 13.1. The summed E-state index contributed by atoms with van der Waals surface area (Å²) in [5.41, 5.74) is 2.40. The number of thiazole rings is 1. The molecule has 8 heteroatoms. The van der Waals surface area contributed by atoms with Crippen molar-refractivity contribution < 1.29 is 13.9 Å². The highest BCUT2D eigenvalue weighted by Crippen LogP contribution is 2.28. The second-order valence-electron chi connectivity index (χ2n) is 6.50. The Kier molecular flexibility index (Phi) is 4.94. The average Bonchev–Trinajstić information content (AvgIpc) is 3.09. The maximum atomic E-state index is 13.1. The van der Waals surface area contributed by atoms with Crippen molar-refractivity contribution in [3.63, 3.8) is 0 Å². The average molecular weight is 409 g/mol. The van der Waals surface area contributed by atoms with Crippen molar-refractivity contribution in [2.24, 2.45) is 0 Å². The summed E-state index contributed by atoms with van der Waals surface area (Å²) in [7, 11) is 0. The van der Waals surface area contributed by atoms with Crippen LogP contribution in [0.5, 0.6) is 0 Å². The number of nitrogens with zero attached hydrogens (tertiary/aromatic N) is 2. The zero-order valence-corrected chi connectivity index (χ0v) is 16.5. The summed E-state index contributed by atoms with van der Waals surface area (Å²) >= 11 is 1.17. The third-order valence-electron chi connectivity index (χ3n) is 4.40. The number of rotatable bonds is 4. The molecule has 0 amide bonds. The van der Waals surface area contributed by atoms with Crippen LogP contribution in [-0.4, -0.2) is 20.9 Å². The zero-order valence-electron chi connectivity index (χ0n) is 15.7. The molecule has 4 rings (SSSR count). The van der Waals surface area contributed by atoms with E-state index in [1.807, 2.05) is 13.0 Å². The Labute approximate surface area is 169 Å². The van der Waals surface area contributed by atoms with E-state index in [1.165, 1.54) is 23.5 Å². The van der Waals surface area contributed by atoms with E-state index < -0.39 is 5.97 Å². The Hall–Kier alpha value is -3.39. The number of carbonyl (C=O) groups excluding carboxylic acids is 1. The first-order valence-electron chi connectivity index (χ1n) is 8.81. The van der Waals surface area contributed by atoms with Gasteiger partial charge in [0.2, 0.25) is 0 Å². The number of halogens is 1. The monoisotopic (exact) mass is 409 g/mol. The molecule has 2 aromatic heterocycles. The molecular weight excluding hydrogens is 393 g/mol. The van der Waals surface area contributed by atoms with E-state index in [4.69, 9.17) is 4.74 Å². The van der Waals surface area contributed by atoms with Gasteiger partial charge in [-0.1, -0.05) is 12.1 Å². The highest BCUT2D eigenvalue weighted by atomic mass is 32.1. The van der Waals surface area contributed by atoms with E-state index in [1.54, 1.807) is 31.2 Å². The van der Waals surface area contributed by atoms with Crippen LogP contribution in [0.4, 0.5) is 4.39 Å². The van der Waals surface area contributed by atoms with Gasteiger partial charge in [0.05, 0.1) is 16.6 Å². The van der Waals surface area contributed by atoms with Gasteiger partial charge in [0, 0.05) is 5.56 Å². The molecule has 0 fully saturated rings. The van der Waals surface area contributed by atoms with Crippen molar-refractivity contribution in [1.82, 2.24) is 15.0 Å². The van der Waals surface area contributed by atoms with Gasteiger partial charge >= 0.3 is 5.97 Å². The lowest BCUT2D eigenvalue weighted by Crippen LogP contribution is -2.15. The maximum Gasteiger partial charge on any atom is 0.350 e. The van der Waals surface area contributed by atoms with Crippen LogP contribution in [0.3, 0.4) is 0 Å². The summed E-state index contributed by atoms with van der Waals surface area (Å²) < 4.78 is 18.5. The summed E-state index contributed by atoms with van der Waals surface area (Å²) in [5.74, 6) is -0.624. The standard InChI is InChI=1S/C21H16FN3O3S/c1-11-4-3-5-15-17(11)24-16(25-19(15)26)10-28-21(27)18-12(2)23-20(29-18)13-6-8-14(22)9-7-13/h3-9H,10H2,1-2H3,(H,24,25,26). The molecule has 0 aliphatic heterocycles. The number of benzene rings is 2. The molecule has 2 aromatic carbocycles. The van der Waals surface area contributed by atoms with E-state index in [0.29, 0.717) is 26.5 Å². The summed E-state index contributed by atoms with van der Waals surface area (Å²) in [6.07, 6.45) is 0. The zero-order chi connectivity index (χ0) is 20.5. The Bertz CT molecular complexity index is 1280. The largest absolute Gasteiger partial charge is 0.453 e. The van der Waals surface area contributed by atoms with Gasteiger partial charge in [-0.15, -0.1) is 11.3 Å². The Morgan fingerprint density at radius 1 is 1.14 bits per heavy atom. The number of hydrogen-bond acceptors (Lipinski definition) is 6. The van der Waals surface area contributed by atoms with E-state index >= 15 is 0 Å². The fraction of sp³-hybridized carbons (Fsp3) is 0.143. The van der Waals surface area contributed by atoms with Crippen molar-refractivity contribution in [2.45, 2.75) is 20.5 Å². The van der Waals surface area contributed by atoms with E-state index in [-0.39, 0.29) is 23.8 Å². The van der Waals surface area contributed by atoms with Crippen LogP contribution in [-0.2, 0) is 11.3 Å². The first-order valence-corrected chi connectivity index (χ1v) is 9.63. The number of aromatic nitrogens is 3. The Balaban J connectivity index is 1.55. The predicted molar refractivity (Wildman–Crippen MR) is 108 cm³/mol.